The average molecular weight is 284 g/mol. The first-order valence-corrected chi connectivity index (χ1v) is 8.18. The molecule has 4 heteroatoms. The Morgan fingerprint density at radius 3 is 1.35 bits per heavy atom. The molecule has 2 aliphatic rings. The van der Waals surface area contributed by atoms with E-state index in [4.69, 9.17) is 9.47 Å². The largest absolute Gasteiger partial charge is 0.373 e. The smallest absolute Gasteiger partial charge is 0.0678 e. The zero-order chi connectivity index (χ0) is 14.7. The monoisotopic (exact) mass is 284 g/mol. The van der Waals surface area contributed by atoms with Crippen molar-refractivity contribution < 1.29 is 9.47 Å². The van der Waals surface area contributed by atoms with E-state index in [-0.39, 0.29) is 0 Å². The minimum Gasteiger partial charge on any atom is -0.373 e. The topological polar surface area (TPSA) is 24.9 Å². The molecule has 20 heavy (non-hydrogen) atoms. The molecule has 4 atom stereocenters. The highest BCUT2D eigenvalue weighted by Gasteiger charge is 2.26. The van der Waals surface area contributed by atoms with Gasteiger partial charge in [0.15, 0.2) is 0 Å². The molecule has 4 nitrogen and oxygen atoms in total. The number of ether oxygens (including phenoxy) is 2. The Morgan fingerprint density at radius 2 is 1.05 bits per heavy atom. The molecule has 118 valence electrons. The Balaban J connectivity index is 1.75. The first-order valence-electron chi connectivity index (χ1n) is 8.18. The van der Waals surface area contributed by atoms with Crippen molar-refractivity contribution in [1.82, 2.24) is 9.80 Å². The number of hydrogen-bond acceptors (Lipinski definition) is 4. The van der Waals surface area contributed by atoms with Crippen molar-refractivity contribution in [2.45, 2.75) is 59.0 Å². The maximum absolute atomic E-state index is 5.81. The summed E-state index contributed by atoms with van der Waals surface area (Å²) in [7, 11) is 0. The van der Waals surface area contributed by atoms with E-state index in [1.165, 1.54) is 13.1 Å². The second kappa shape index (κ2) is 7.21. The summed E-state index contributed by atoms with van der Waals surface area (Å²) in [6.07, 6.45) is 1.48. The van der Waals surface area contributed by atoms with Crippen molar-refractivity contribution in [2.24, 2.45) is 5.92 Å². The zero-order valence-electron chi connectivity index (χ0n) is 13.8. The molecule has 2 heterocycles. The van der Waals surface area contributed by atoms with E-state index in [9.17, 15) is 0 Å². The minimum atomic E-state index is 0.370. The molecular formula is C16H32N2O2. The van der Waals surface area contributed by atoms with Gasteiger partial charge in [0.2, 0.25) is 0 Å². The molecule has 0 bridgehead atoms. The summed E-state index contributed by atoms with van der Waals surface area (Å²) < 4.78 is 11.6. The number of rotatable bonds is 4. The lowest BCUT2D eigenvalue weighted by Crippen LogP contribution is -2.50. The summed E-state index contributed by atoms with van der Waals surface area (Å²) in [6.45, 7) is 17.7. The van der Waals surface area contributed by atoms with Crippen molar-refractivity contribution >= 4 is 0 Å². The van der Waals surface area contributed by atoms with E-state index in [0.717, 1.165) is 26.2 Å². The lowest BCUT2D eigenvalue weighted by molar-refractivity contribution is -0.0811. The molecule has 2 saturated heterocycles. The van der Waals surface area contributed by atoms with E-state index in [0.29, 0.717) is 30.3 Å². The molecule has 0 amide bonds. The molecule has 0 unspecified atom stereocenters. The van der Waals surface area contributed by atoms with Crippen LogP contribution in [0.2, 0.25) is 0 Å². The summed E-state index contributed by atoms with van der Waals surface area (Å²) in [4.78, 5) is 5.13. The number of hydrogen-bond donors (Lipinski definition) is 0. The Hall–Kier alpha value is -0.160. The maximum atomic E-state index is 5.81. The maximum Gasteiger partial charge on any atom is 0.0678 e. The van der Waals surface area contributed by atoms with Crippen LogP contribution in [-0.4, -0.2) is 73.5 Å². The Kier molecular flexibility index (Phi) is 5.84. The molecule has 2 fully saturated rings. The standard InChI is InChI=1S/C16H32N2O2/c1-12(6-17-8-13(2)19-14(3)9-17)7-18-10-15(4)20-16(5)11-18/h12-16H,6-11H2,1-5H3/t13-,14-,15-,16-/m0/s1. The third kappa shape index (κ3) is 4.99. The van der Waals surface area contributed by atoms with Crippen LogP contribution in [0, 0.1) is 5.92 Å². The number of nitrogens with zero attached hydrogens (tertiary/aromatic N) is 2. The van der Waals surface area contributed by atoms with E-state index >= 15 is 0 Å². The Bertz CT molecular complexity index is 252. The molecule has 0 spiro atoms. The summed E-state index contributed by atoms with van der Waals surface area (Å²) in [5.41, 5.74) is 0. The lowest BCUT2D eigenvalue weighted by Gasteiger charge is -2.39. The Labute approximate surface area is 124 Å². The highest BCUT2D eigenvalue weighted by molar-refractivity contribution is 4.78. The fraction of sp³-hybridized carbons (Fsp3) is 1.00. The van der Waals surface area contributed by atoms with Crippen LogP contribution >= 0.6 is 0 Å². The van der Waals surface area contributed by atoms with E-state index < -0.39 is 0 Å². The highest BCUT2D eigenvalue weighted by Crippen LogP contribution is 2.15. The fourth-order valence-electron chi connectivity index (χ4n) is 3.81. The van der Waals surface area contributed by atoms with E-state index in [1.54, 1.807) is 0 Å². The van der Waals surface area contributed by atoms with Crippen molar-refractivity contribution in [3.05, 3.63) is 0 Å². The van der Waals surface area contributed by atoms with E-state index in [1.807, 2.05) is 0 Å². The zero-order valence-corrected chi connectivity index (χ0v) is 13.8. The summed E-state index contributed by atoms with van der Waals surface area (Å²) in [6, 6.07) is 0. The van der Waals surface area contributed by atoms with Crippen LogP contribution in [0.1, 0.15) is 34.6 Å². The first-order chi connectivity index (χ1) is 9.42. The number of morpholine rings is 2. The quantitative estimate of drug-likeness (QED) is 0.786. The van der Waals surface area contributed by atoms with Crippen molar-refractivity contribution in [2.75, 3.05) is 39.3 Å². The molecule has 0 aromatic heterocycles. The van der Waals surface area contributed by atoms with Crippen molar-refractivity contribution in [3.63, 3.8) is 0 Å². The molecule has 2 aliphatic heterocycles. The molecule has 0 saturated carbocycles. The van der Waals surface area contributed by atoms with Gasteiger partial charge < -0.3 is 9.47 Å². The van der Waals surface area contributed by atoms with Gasteiger partial charge in [-0.05, 0) is 33.6 Å². The van der Waals surface area contributed by atoms with Crippen LogP contribution in [-0.2, 0) is 9.47 Å². The van der Waals surface area contributed by atoms with Crippen LogP contribution in [0.25, 0.3) is 0 Å². The minimum absolute atomic E-state index is 0.370. The predicted molar refractivity (Wildman–Crippen MR) is 82.1 cm³/mol. The molecular weight excluding hydrogens is 252 g/mol. The molecule has 0 aromatic rings. The lowest BCUT2D eigenvalue weighted by atomic mass is 10.1. The van der Waals surface area contributed by atoms with Crippen molar-refractivity contribution in [3.8, 4) is 0 Å². The van der Waals surface area contributed by atoms with Crippen molar-refractivity contribution in [1.29, 1.82) is 0 Å². The molecule has 0 radical (unpaired) electrons. The van der Waals surface area contributed by atoms with Gasteiger partial charge in [0, 0.05) is 39.3 Å². The summed E-state index contributed by atoms with van der Waals surface area (Å²) >= 11 is 0. The van der Waals surface area contributed by atoms with Gasteiger partial charge >= 0.3 is 0 Å². The van der Waals surface area contributed by atoms with Gasteiger partial charge in [0.05, 0.1) is 24.4 Å². The van der Waals surface area contributed by atoms with Gasteiger partial charge in [0.25, 0.3) is 0 Å². The average Bonchev–Trinajstić information content (AvgIpc) is 2.24. The van der Waals surface area contributed by atoms with Crippen LogP contribution in [0.15, 0.2) is 0 Å². The summed E-state index contributed by atoms with van der Waals surface area (Å²) in [5.74, 6) is 0.699. The van der Waals surface area contributed by atoms with Gasteiger partial charge in [-0.3, -0.25) is 9.80 Å². The first kappa shape index (κ1) is 16.2. The van der Waals surface area contributed by atoms with Gasteiger partial charge in [-0.2, -0.15) is 0 Å². The predicted octanol–water partition coefficient (Wildman–Crippen LogP) is 1.84. The molecule has 0 N–H and O–H groups in total. The third-order valence-electron chi connectivity index (χ3n) is 4.13. The molecule has 2 rings (SSSR count). The summed E-state index contributed by atoms with van der Waals surface area (Å²) in [5, 5.41) is 0. The molecule has 0 aromatic carbocycles. The highest BCUT2D eigenvalue weighted by atomic mass is 16.5. The fourth-order valence-corrected chi connectivity index (χ4v) is 3.81. The van der Waals surface area contributed by atoms with Crippen LogP contribution < -0.4 is 0 Å². The van der Waals surface area contributed by atoms with Gasteiger partial charge in [-0.25, -0.2) is 0 Å². The van der Waals surface area contributed by atoms with Crippen LogP contribution in [0.4, 0.5) is 0 Å². The van der Waals surface area contributed by atoms with Gasteiger partial charge in [0.1, 0.15) is 0 Å². The SMILES string of the molecule is CC(CN1C[C@H](C)O[C@@H](C)C1)CN1C[C@H](C)O[C@@H](C)C1. The second-order valence-corrected chi connectivity index (χ2v) is 7.06. The molecule has 0 aliphatic carbocycles. The van der Waals surface area contributed by atoms with Crippen LogP contribution in [0.5, 0.6) is 0 Å². The van der Waals surface area contributed by atoms with Crippen LogP contribution in [0.3, 0.4) is 0 Å². The second-order valence-electron chi connectivity index (χ2n) is 7.06. The Morgan fingerprint density at radius 1 is 0.750 bits per heavy atom. The third-order valence-corrected chi connectivity index (χ3v) is 4.13. The van der Waals surface area contributed by atoms with Gasteiger partial charge in [-0.15, -0.1) is 0 Å². The normalized spacial score (nSPS) is 37.5. The van der Waals surface area contributed by atoms with E-state index in [2.05, 4.69) is 44.4 Å². The van der Waals surface area contributed by atoms with Gasteiger partial charge in [-0.1, -0.05) is 6.92 Å².